The topological polar surface area (TPSA) is 116 Å². The Bertz CT molecular complexity index is 1140. The Morgan fingerprint density at radius 3 is 2.36 bits per heavy atom. The van der Waals surface area contributed by atoms with Gasteiger partial charge < -0.3 is 29.9 Å². The molecule has 5 aliphatic carbocycles. The summed E-state index contributed by atoms with van der Waals surface area (Å²) < 4.78 is 12.0. The first-order valence-electron chi connectivity index (χ1n) is 16.7. The summed E-state index contributed by atoms with van der Waals surface area (Å²) in [7, 11) is 0. The van der Waals surface area contributed by atoms with Gasteiger partial charge in [0.05, 0.1) is 17.8 Å². The van der Waals surface area contributed by atoms with Crippen LogP contribution >= 0.6 is 0 Å². The van der Waals surface area contributed by atoms with Crippen LogP contribution in [0.2, 0.25) is 0 Å². The SMILES string of the molecule is CC=C(C)C(=O)OC1CCC2(C)C(CC(O)C3(C)C2CCC24CC23CCC4C2CC(C(O)C(C)(C)O)OC2O)C1(C)C. The molecule has 6 rings (SSSR count). The number of aliphatic hydroxyl groups is 4. The summed E-state index contributed by atoms with van der Waals surface area (Å²) in [6.07, 6.45) is 7.13. The van der Waals surface area contributed by atoms with Crippen LogP contribution in [-0.4, -0.2) is 62.7 Å². The molecular weight excluding hydrogens is 532 g/mol. The van der Waals surface area contributed by atoms with Gasteiger partial charge in [-0.05, 0) is 119 Å². The first kappa shape index (κ1) is 31.0. The van der Waals surface area contributed by atoms with Gasteiger partial charge in [0.2, 0.25) is 0 Å². The number of esters is 1. The predicted molar refractivity (Wildman–Crippen MR) is 159 cm³/mol. The zero-order chi connectivity index (χ0) is 30.8. The average molecular weight is 589 g/mol. The van der Waals surface area contributed by atoms with Crippen LogP contribution in [0.1, 0.15) is 113 Å². The van der Waals surface area contributed by atoms with E-state index in [1.54, 1.807) is 13.8 Å². The lowest BCUT2D eigenvalue weighted by atomic mass is 9.37. The van der Waals surface area contributed by atoms with Crippen molar-refractivity contribution in [3.8, 4) is 0 Å². The van der Waals surface area contributed by atoms with Crippen LogP contribution < -0.4 is 0 Å². The summed E-state index contributed by atoms with van der Waals surface area (Å²) in [5.41, 5.74) is -0.895. The minimum absolute atomic E-state index is 0.0511. The number of hydrogen-bond acceptors (Lipinski definition) is 7. The highest BCUT2D eigenvalue weighted by molar-refractivity contribution is 5.87. The molecule has 1 aliphatic heterocycles. The Labute approximate surface area is 252 Å². The largest absolute Gasteiger partial charge is 0.458 e. The molecule has 6 fully saturated rings. The smallest absolute Gasteiger partial charge is 0.333 e. The molecule has 4 N–H and O–H groups in total. The van der Waals surface area contributed by atoms with Crippen LogP contribution in [0.15, 0.2) is 11.6 Å². The van der Waals surface area contributed by atoms with E-state index >= 15 is 0 Å². The van der Waals surface area contributed by atoms with Crippen LogP contribution in [-0.2, 0) is 14.3 Å². The maximum Gasteiger partial charge on any atom is 0.333 e. The van der Waals surface area contributed by atoms with E-state index in [9.17, 15) is 25.2 Å². The number of carbonyl (C=O) groups excluding carboxylic acids is 1. The van der Waals surface area contributed by atoms with Crippen LogP contribution in [0.3, 0.4) is 0 Å². The van der Waals surface area contributed by atoms with Crippen molar-refractivity contribution < 1.29 is 34.7 Å². The summed E-state index contributed by atoms with van der Waals surface area (Å²) in [6, 6.07) is 0. The normalized spacial score (nSPS) is 52.0. The second-order valence-corrected chi connectivity index (χ2v) is 17.0. The Kier molecular flexibility index (Phi) is 7.02. The van der Waals surface area contributed by atoms with Crippen molar-refractivity contribution in [2.45, 2.75) is 149 Å². The number of hydrogen-bond donors (Lipinski definition) is 4. The molecule has 0 amide bonds. The van der Waals surface area contributed by atoms with Crippen LogP contribution in [0.4, 0.5) is 0 Å². The van der Waals surface area contributed by atoms with Gasteiger partial charge in [0.25, 0.3) is 0 Å². The molecule has 0 bridgehead atoms. The quantitative estimate of drug-likeness (QED) is 0.260. The molecule has 0 radical (unpaired) electrons. The monoisotopic (exact) mass is 588 g/mol. The third-order valence-electron chi connectivity index (χ3n) is 14.9. The molecular formula is C35H56O7. The number of fused-ring (bicyclic) bond motifs is 3. The molecule has 6 aliphatic rings. The third-order valence-corrected chi connectivity index (χ3v) is 14.9. The first-order valence-corrected chi connectivity index (χ1v) is 16.7. The molecule has 0 aromatic heterocycles. The molecule has 5 saturated carbocycles. The fourth-order valence-corrected chi connectivity index (χ4v) is 12.5. The minimum Gasteiger partial charge on any atom is -0.458 e. The highest BCUT2D eigenvalue weighted by Crippen LogP contribution is 2.91. The van der Waals surface area contributed by atoms with Crippen molar-refractivity contribution in [1.29, 1.82) is 0 Å². The van der Waals surface area contributed by atoms with Crippen molar-refractivity contribution in [3.05, 3.63) is 11.6 Å². The highest BCUT2D eigenvalue weighted by Gasteiger charge is 2.85. The number of carbonyl (C=O) groups is 1. The molecule has 238 valence electrons. The lowest BCUT2D eigenvalue weighted by molar-refractivity contribution is -0.245. The van der Waals surface area contributed by atoms with E-state index < -0.39 is 30.2 Å². The van der Waals surface area contributed by atoms with Gasteiger partial charge in [-0.25, -0.2) is 4.79 Å². The molecule has 7 nitrogen and oxygen atoms in total. The highest BCUT2D eigenvalue weighted by atomic mass is 16.6. The van der Waals surface area contributed by atoms with E-state index in [0.717, 1.165) is 51.4 Å². The number of ether oxygens (including phenoxy) is 2. The van der Waals surface area contributed by atoms with E-state index in [2.05, 4.69) is 27.7 Å². The predicted octanol–water partition coefficient (Wildman–Crippen LogP) is 5.13. The van der Waals surface area contributed by atoms with Crippen LogP contribution in [0.25, 0.3) is 0 Å². The fraction of sp³-hybridized carbons (Fsp3) is 0.914. The van der Waals surface area contributed by atoms with E-state index in [4.69, 9.17) is 9.47 Å². The number of allylic oxidation sites excluding steroid dienone is 1. The van der Waals surface area contributed by atoms with Crippen molar-refractivity contribution in [2.75, 3.05) is 0 Å². The molecule has 42 heavy (non-hydrogen) atoms. The van der Waals surface area contributed by atoms with Gasteiger partial charge in [-0.15, -0.1) is 0 Å². The molecule has 0 aromatic carbocycles. The lowest BCUT2D eigenvalue weighted by Crippen LogP contribution is -2.66. The molecule has 7 heteroatoms. The zero-order valence-corrected chi connectivity index (χ0v) is 27.2. The first-order chi connectivity index (χ1) is 19.4. The summed E-state index contributed by atoms with van der Waals surface area (Å²) in [6.45, 7) is 16.2. The molecule has 0 aromatic rings. The van der Waals surface area contributed by atoms with Gasteiger partial charge in [0, 0.05) is 22.3 Å². The van der Waals surface area contributed by atoms with Gasteiger partial charge in [-0.2, -0.15) is 0 Å². The average Bonchev–Trinajstić information content (AvgIpc) is 3.28. The Morgan fingerprint density at radius 1 is 1.02 bits per heavy atom. The summed E-state index contributed by atoms with van der Waals surface area (Å²) in [5, 5.41) is 44.5. The Morgan fingerprint density at radius 2 is 1.71 bits per heavy atom. The van der Waals surface area contributed by atoms with Gasteiger partial charge in [0.15, 0.2) is 6.29 Å². The third kappa shape index (κ3) is 3.85. The van der Waals surface area contributed by atoms with E-state index in [1.165, 1.54) is 0 Å². The molecule has 13 unspecified atom stereocenters. The van der Waals surface area contributed by atoms with Crippen molar-refractivity contribution in [1.82, 2.24) is 0 Å². The number of rotatable bonds is 5. The fourth-order valence-electron chi connectivity index (χ4n) is 12.5. The van der Waals surface area contributed by atoms with E-state index in [-0.39, 0.29) is 51.0 Å². The van der Waals surface area contributed by atoms with Crippen molar-refractivity contribution >= 4 is 5.97 Å². The van der Waals surface area contributed by atoms with Crippen LogP contribution in [0.5, 0.6) is 0 Å². The standard InChI is InChI=1S/C35H56O7/c1-9-19(2)28(38)42-26-12-13-32(7)23-11-14-34-18-35(34,33(23,8)25(36)17-24(32)30(26,3)4)15-10-21(34)20-16-22(41-29(20)39)27(37)31(5,6)40/h9,20-27,29,36-37,39-40H,10-18H2,1-8H3. The maximum absolute atomic E-state index is 12.8. The Balaban J connectivity index is 1.26. The van der Waals surface area contributed by atoms with E-state index in [0.29, 0.717) is 23.8 Å². The van der Waals surface area contributed by atoms with Gasteiger partial charge in [0.1, 0.15) is 12.2 Å². The lowest BCUT2D eigenvalue weighted by Gasteiger charge is -2.68. The zero-order valence-electron chi connectivity index (χ0n) is 27.2. The van der Waals surface area contributed by atoms with Crippen molar-refractivity contribution in [2.24, 2.45) is 50.7 Å². The molecule has 1 saturated heterocycles. The molecule has 0 spiro atoms. The second kappa shape index (κ2) is 9.51. The van der Waals surface area contributed by atoms with Crippen molar-refractivity contribution in [3.63, 3.8) is 0 Å². The summed E-state index contributed by atoms with van der Waals surface area (Å²) in [5.74, 6) is 0.640. The minimum atomic E-state index is -1.29. The number of aliphatic hydroxyl groups excluding tert-OH is 3. The summed E-state index contributed by atoms with van der Waals surface area (Å²) >= 11 is 0. The van der Waals surface area contributed by atoms with Gasteiger partial charge in [-0.3, -0.25) is 0 Å². The van der Waals surface area contributed by atoms with Gasteiger partial charge in [-0.1, -0.05) is 33.8 Å². The summed E-state index contributed by atoms with van der Waals surface area (Å²) in [4.78, 5) is 12.8. The molecule has 1 heterocycles. The Hall–Kier alpha value is -0.990. The maximum atomic E-state index is 12.8. The van der Waals surface area contributed by atoms with Gasteiger partial charge >= 0.3 is 5.97 Å². The van der Waals surface area contributed by atoms with E-state index in [1.807, 2.05) is 19.9 Å². The van der Waals surface area contributed by atoms with Crippen LogP contribution in [0, 0.1) is 50.7 Å². The second-order valence-electron chi connectivity index (χ2n) is 17.0. The molecule has 13 atom stereocenters.